The minimum Gasteiger partial charge on any atom is -0.508 e. The molecule has 0 radical (unpaired) electrons. The first kappa shape index (κ1) is 9.27. The number of aromatic hydroxyl groups is 1. The van der Waals surface area contributed by atoms with Crippen molar-refractivity contribution in [2.24, 2.45) is 0 Å². The van der Waals surface area contributed by atoms with Crippen LogP contribution in [0.1, 0.15) is 21.6 Å². The van der Waals surface area contributed by atoms with Gasteiger partial charge in [-0.1, -0.05) is 0 Å². The summed E-state index contributed by atoms with van der Waals surface area (Å²) < 4.78 is 0. The summed E-state index contributed by atoms with van der Waals surface area (Å²) in [5.41, 5.74) is 3.55. The molecule has 2 aromatic rings. The summed E-state index contributed by atoms with van der Waals surface area (Å²) in [5.74, 6) is 0.141. The van der Waals surface area contributed by atoms with E-state index in [-0.39, 0.29) is 11.7 Å². The fraction of sp³-hybridized carbons (Fsp3) is 0.250. The number of carbonyl (C=O) groups excluding carboxylic acids is 1. The molecule has 4 heteroatoms. The molecule has 2 heterocycles. The molecule has 82 valence electrons. The highest BCUT2D eigenvalue weighted by atomic mass is 16.3. The van der Waals surface area contributed by atoms with E-state index in [1.165, 1.54) is 0 Å². The van der Waals surface area contributed by atoms with Crippen molar-refractivity contribution in [3.05, 3.63) is 29.0 Å². The zero-order chi connectivity index (χ0) is 11.3. The van der Waals surface area contributed by atoms with Gasteiger partial charge in [-0.15, -0.1) is 0 Å². The van der Waals surface area contributed by atoms with Crippen LogP contribution in [0, 0.1) is 6.92 Å². The van der Waals surface area contributed by atoms with Crippen molar-refractivity contribution in [3.63, 3.8) is 0 Å². The van der Waals surface area contributed by atoms with Crippen LogP contribution in [-0.2, 0) is 6.42 Å². The van der Waals surface area contributed by atoms with E-state index in [1.807, 2.05) is 6.92 Å². The summed E-state index contributed by atoms with van der Waals surface area (Å²) in [6.07, 6.45) is 0.815. The molecular formula is C12H12N2O2. The number of aromatic nitrogens is 1. The van der Waals surface area contributed by atoms with Crippen molar-refractivity contribution in [1.29, 1.82) is 0 Å². The highest BCUT2D eigenvalue weighted by Gasteiger charge is 2.22. The summed E-state index contributed by atoms with van der Waals surface area (Å²) >= 11 is 0. The van der Waals surface area contributed by atoms with Crippen LogP contribution in [0.5, 0.6) is 5.75 Å². The molecule has 0 aliphatic carbocycles. The summed E-state index contributed by atoms with van der Waals surface area (Å²) in [6.45, 7) is 2.59. The minimum atomic E-state index is -0.0579. The molecule has 1 aliphatic heterocycles. The van der Waals surface area contributed by atoms with Gasteiger partial charge in [-0.05, 0) is 24.6 Å². The third-order valence-corrected chi connectivity index (χ3v) is 3.05. The van der Waals surface area contributed by atoms with Crippen molar-refractivity contribution < 1.29 is 9.90 Å². The standard InChI is InChI=1S/C12H12N2O2/c1-6-4-7(15)5-8-10-9(14-11(6)8)2-3-13-12(10)16/h4-5,14-15H,2-3H2,1H3,(H,13,16). The van der Waals surface area contributed by atoms with E-state index in [1.54, 1.807) is 12.1 Å². The van der Waals surface area contributed by atoms with Crippen LogP contribution in [-0.4, -0.2) is 22.5 Å². The normalized spacial score (nSPS) is 14.9. The predicted octanol–water partition coefficient (Wildman–Crippen LogP) is 1.47. The van der Waals surface area contributed by atoms with Crippen LogP contribution < -0.4 is 5.32 Å². The highest BCUT2D eigenvalue weighted by Crippen LogP contribution is 2.30. The average Bonchev–Trinajstić information content (AvgIpc) is 2.58. The van der Waals surface area contributed by atoms with Gasteiger partial charge in [-0.25, -0.2) is 0 Å². The van der Waals surface area contributed by atoms with Crippen LogP contribution in [0.15, 0.2) is 12.1 Å². The summed E-state index contributed by atoms with van der Waals surface area (Å²) in [4.78, 5) is 15.0. The Morgan fingerprint density at radius 3 is 3.00 bits per heavy atom. The van der Waals surface area contributed by atoms with E-state index in [2.05, 4.69) is 10.3 Å². The number of rotatable bonds is 0. The number of carbonyl (C=O) groups is 1. The van der Waals surface area contributed by atoms with Gasteiger partial charge >= 0.3 is 0 Å². The summed E-state index contributed by atoms with van der Waals surface area (Å²) in [7, 11) is 0. The highest BCUT2D eigenvalue weighted by molar-refractivity contribution is 6.09. The average molecular weight is 216 g/mol. The maximum Gasteiger partial charge on any atom is 0.253 e. The Morgan fingerprint density at radius 2 is 2.19 bits per heavy atom. The number of aryl methyl sites for hydroxylation is 1. The number of phenolic OH excluding ortho intramolecular Hbond substituents is 1. The molecule has 0 spiro atoms. The lowest BCUT2D eigenvalue weighted by molar-refractivity contribution is 0.0947. The molecule has 0 fully saturated rings. The molecule has 0 saturated carbocycles. The van der Waals surface area contributed by atoms with E-state index in [4.69, 9.17) is 0 Å². The fourth-order valence-corrected chi connectivity index (χ4v) is 2.34. The minimum absolute atomic E-state index is 0.0579. The molecule has 1 aromatic heterocycles. The number of benzene rings is 1. The topological polar surface area (TPSA) is 65.1 Å². The summed E-state index contributed by atoms with van der Waals surface area (Å²) in [6, 6.07) is 3.34. The first-order valence-electron chi connectivity index (χ1n) is 5.29. The SMILES string of the molecule is Cc1cc(O)cc2c3c([nH]c12)CCNC3=O. The van der Waals surface area contributed by atoms with Crippen LogP contribution >= 0.6 is 0 Å². The lowest BCUT2D eigenvalue weighted by atomic mass is 10.0. The zero-order valence-electron chi connectivity index (χ0n) is 8.92. The van der Waals surface area contributed by atoms with Crippen molar-refractivity contribution in [3.8, 4) is 5.75 Å². The van der Waals surface area contributed by atoms with Crippen LogP contribution in [0.2, 0.25) is 0 Å². The number of amides is 1. The van der Waals surface area contributed by atoms with Crippen molar-refractivity contribution >= 4 is 16.8 Å². The maximum atomic E-state index is 11.8. The number of H-pyrrole nitrogens is 1. The van der Waals surface area contributed by atoms with Gasteiger partial charge in [-0.2, -0.15) is 0 Å². The van der Waals surface area contributed by atoms with E-state index in [0.29, 0.717) is 12.1 Å². The van der Waals surface area contributed by atoms with Crippen LogP contribution in [0.4, 0.5) is 0 Å². The molecule has 1 aromatic carbocycles. The number of fused-ring (bicyclic) bond motifs is 3. The van der Waals surface area contributed by atoms with Gasteiger partial charge in [0.1, 0.15) is 5.75 Å². The maximum absolute atomic E-state index is 11.8. The number of phenols is 1. The smallest absolute Gasteiger partial charge is 0.253 e. The molecule has 1 amide bonds. The second-order valence-corrected chi connectivity index (χ2v) is 4.17. The fourth-order valence-electron chi connectivity index (χ4n) is 2.34. The van der Waals surface area contributed by atoms with Gasteiger partial charge in [0, 0.05) is 29.6 Å². The van der Waals surface area contributed by atoms with Gasteiger partial charge in [0.15, 0.2) is 0 Å². The second-order valence-electron chi connectivity index (χ2n) is 4.17. The Hall–Kier alpha value is -1.97. The zero-order valence-corrected chi connectivity index (χ0v) is 8.92. The molecule has 16 heavy (non-hydrogen) atoms. The monoisotopic (exact) mass is 216 g/mol. The number of aromatic amines is 1. The molecule has 3 N–H and O–H groups in total. The predicted molar refractivity (Wildman–Crippen MR) is 60.7 cm³/mol. The molecule has 3 rings (SSSR count). The molecule has 0 bridgehead atoms. The molecule has 0 saturated heterocycles. The Bertz CT molecular complexity index is 599. The van der Waals surface area contributed by atoms with Crippen molar-refractivity contribution in [2.45, 2.75) is 13.3 Å². The summed E-state index contributed by atoms with van der Waals surface area (Å²) in [5, 5.41) is 13.2. The first-order valence-corrected chi connectivity index (χ1v) is 5.29. The Balaban J connectivity index is 2.42. The van der Waals surface area contributed by atoms with E-state index < -0.39 is 0 Å². The lowest BCUT2D eigenvalue weighted by Gasteiger charge is -2.11. The Kier molecular flexibility index (Phi) is 1.74. The van der Waals surface area contributed by atoms with E-state index in [9.17, 15) is 9.90 Å². The van der Waals surface area contributed by atoms with Gasteiger partial charge in [-0.3, -0.25) is 4.79 Å². The molecule has 0 unspecified atom stereocenters. The number of nitrogens with one attached hydrogen (secondary N) is 2. The quantitative estimate of drug-likeness (QED) is 0.624. The lowest BCUT2D eigenvalue weighted by Crippen LogP contribution is -2.31. The van der Waals surface area contributed by atoms with Gasteiger partial charge in [0.05, 0.1) is 5.56 Å². The Labute approximate surface area is 92.3 Å². The van der Waals surface area contributed by atoms with Crippen molar-refractivity contribution in [2.75, 3.05) is 6.54 Å². The van der Waals surface area contributed by atoms with Gasteiger partial charge in [0.2, 0.25) is 0 Å². The molecular weight excluding hydrogens is 204 g/mol. The van der Waals surface area contributed by atoms with Crippen LogP contribution in [0.25, 0.3) is 10.9 Å². The van der Waals surface area contributed by atoms with Crippen molar-refractivity contribution in [1.82, 2.24) is 10.3 Å². The largest absolute Gasteiger partial charge is 0.508 e. The molecule has 1 aliphatic rings. The van der Waals surface area contributed by atoms with E-state index >= 15 is 0 Å². The Morgan fingerprint density at radius 1 is 1.38 bits per heavy atom. The van der Waals surface area contributed by atoms with E-state index in [0.717, 1.165) is 28.6 Å². The molecule has 4 nitrogen and oxygen atoms in total. The van der Waals surface area contributed by atoms with Gasteiger partial charge < -0.3 is 15.4 Å². The van der Waals surface area contributed by atoms with Crippen LogP contribution in [0.3, 0.4) is 0 Å². The first-order chi connectivity index (χ1) is 7.66. The molecule has 0 atom stereocenters. The third-order valence-electron chi connectivity index (χ3n) is 3.05. The van der Waals surface area contributed by atoms with Gasteiger partial charge in [0.25, 0.3) is 5.91 Å². The number of hydrogen-bond acceptors (Lipinski definition) is 2. The number of hydrogen-bond donors (Lipinski definition) is 3. The second kappa shape index (κ2) is 3.01. The third kappa shape index (κ3) is 1.13.